The smallest absolute Gasteiger partial charge is 0.248 e. The lowest BCUT2D eigenvalue weighted by Gasteiger charge is -2.30. The molecule has 1 amide bonds. The van der Waals surface area contributed by atoms with E-state index in [1.54, 1.807) is 26.0 Å². The molecule has 3 rings (SSSR count). The number of sulfonamides is 1. The second-order valence-electron chi connectivity index (χ2n) is 6.29. The van der Waals surface area contributed by atoms with E-state index in [9.17, 15) is 13.2 Å². The molecule has 0 aromatic carbocycles. The summed E-state index contributed by atoms with van der Waals surface area (Å²) in [5, 5.41) is 6.50. The summed E-state index contributed by atoms with van der Waals surface area (Å²) in [5.74, 6) is 0.244. The number of carbonyl (C=O) groups is 1. The molecule has 3 N–H and O–H groups in total. The predicted octanol–water partition coefficient (Wildman–Crippen LogP) is 1.73. The number of halogens is 1. The number of hydrogen-bond acceptors (Lipinski definition) is 7. The number of rotatable bonds is 4. The molecule has 0 atom stereocenters. The van der Waals surface area contributed by atoms with Gasteiger partial charge in [0.05, 0.1) is 11.9 Å². The van der Waals surface area contributed by atoms with Crippen LogP contribution < -0.4 is 11.1 Å². The zero-order valence-corrected chi connectivity index (χ0v) is 16.6. The molecule has 0 spiro atoms. The first-order valence-electron chi connectivity index (χ1n) is 8.24. The van der Waals surface area contributed by atoms with Gasteiger partial charge in [0.2, 0.25) is 15.9 Å². The molecule has 11 heteroatoms. The van der Waals surface area contributed by atoms with Gasteiger partial charge in [-0.1, -0.05) is 5.16 Å². The second-order valence-corrected chi connectivity index (χ2v) is 8.17. The van der Waals surface area contributed by atoms with Crippen LogP contribution in [0, 0.1) is 19.8 Å². The number of piperidine rings is 1. The van der Waals surface area contributed by atoms with Crippen molar-refractivity contribution in [2.75, 3.05) is 24.1 Å². The summed E-state index contributed by atoms with van der Waals surface area (Å²) < 4.78 is 31.9. The monoisotopic (exact) mass is 415 g/mol. The van der Waals surface area contributed by atoms with Crippen LogP contribution in [0.2, 0.25) is 0 Å². The van der Waals surface area contributed by atoms with Gasteiger partial charge in [-0.2, -0.15) is 4.31 Å². The van der Waals surface area contributed by atoms with E-state index in [1.807, 2.05) is 0 Å². The third-order valence-corrected chi connectivity index (χ3v) is 6.59. The number of nitrogens with one attached hydrogen (secondary N) is 1. The fraction of sp³-hybridized carbons (Fsp3) is 0.438. The van der Waals surface area contributed by atoms with E-state index < -0.39 is 10.0 Å². The van der Waals surface area contributed by atoms with Gasteiger partial charge < -0.3 is 15.6 Å². The van der Waals surface area contributed by atoms with Crippen LogP contribution in [0.5, 0.6) is 0 Å². The van der Waals surface area contributed by atoms with Crippen molar-refractivity contribution < 1.29 is 17.7 Å². The number of anilines is 2. The number of amides is 1. The molecule has 2 aromatic rings. The van der Waals surface area contributed by atoms with Gasteiger partial charge >= 0.3 is 0 Å². The molecule has 27 heavy (non-hydrogen) atoms. The van der Waals surface area contributed by atoms with Crippen molar-refractivity contribution in [2.45, 2.75) is 31.6 Å². The summed E-state index contributed by atoms with van der Waals surface area (Å²) in [7, 11) is -3.67. The number of aromatic nitrogens is 2. The van der Waals surface area contributed by atoms with Crippen molar-refractivity contribution in [3.05, 3.63) is 29.8 Å². The maximum Gasteiger partial charge on any atom is 0.248 e. The fourth-order valence-corrected chi connectivity index (χ4v) is 4.81. The van der Waals surface area contributed by atoms with Crippen LogP contribution in [-0.4, -0.2) is 41.9 Å². The highest BCUT2D eigenvalue weighted by atomic mass is 35.5. The maximum atomic E-state index is 12.8. The lowest BCUT2D eigenvalue weighted by molar-refractivity contribution is -0.120. The number of aryl methyl sites for hydroxylation is 2. The summed E-state index contributed by atoms with van der Waals surface area (Å²) in [5.41, 5.74) is 6.43. The van der Waals surface area contributed by atoms with E-state index in [2.05, 4.69) is 15.5 Å². The van der Waals surface area contributed by atoms with Crippen LogP contribution in [-0.2, 0) is 14.8 Å². The van der Waals surface area contributed by atoms with E-state index in [1.165, 1.54) is 10.5 Å². The van der Waals surface area contributed by atoms with Crippen molar-refractivity contribution in [3.8, 4) is 0 Å². The Morgan fingerprint density at radius 3 is 2.48 bits per heavy atom. The highest BCUT2D eigenvalue weighted by Gasteiger charge is 2.35. The molecule has 148 valence electrons. The third kappa shape index (κ3) is 4.40. The van der Waals surface area contributed by atoms with E-state index >= 15 is 0 Å². The Balaban J connectivity index is 0.00000261. The fourth-order valence-electron chi connectivity index (χ4n) is 3.05. The first kappa shape index (κ1) is 21.1. The minimum absolute atomic E-state index is 0. The van der Waals surface area contributed by atoms with Gasteiger partial charge in [0, 0.05) is 19.0 Å². The lowest BCUT2D eigenvalue weighted by Crippen LogP contribution is -2.41. The van der Waals surface area contributed by atoms with Gasteiger partial charge in [-0.3, -0.25) is 4.79 Å². The van der Waals surface area contributed by atoms with Gasteiger partial charge in [-0.05, 0) is 38.8 Å². The Morgan fingerprint density at radius 2 is 1.96 bits per heavy atom. The second kappa shape index (κ2) is 8.24. The Morgan fingerprint density at radius 1 is 1.30 bits per heavy atom. The topological polar surface area (TPSA) is 131 Å². The molecule has 2 aromatic heterocycles. The van der Waals surface area contributed by atoms with E-state index in [0.717, 1.165) is 0 Å². The van der Waals surface area contributed by atoms with Crippen LogP contribution in [0.25, 0.3) is 0 Å². The predicted molar refractivity (Wildman–Crippen MR) is 102 cm³/mol. The zero-order valence-electron chi connectivity index (χ0n) is 15.0. The van der Waals surface area contributed by atoms with E-state index in [4.69, 9.17) is 10.3 Å². The van der Waals surface area contributed by atoms with Gasteiger partial charge in [0.25, 0.3) is 0 Å². The molecular formula is C16H22ClN5O4S. The molecule has 1 fully saturated rings. The molecule has 3 heterocycles. The minimum Gasteiger partial charge on any atom is -0.384 e. The molecule has 1 aliphatic rings. The van der Waals surface area contributed by atoms with Gasteiger partial charge in [0.1, 0.15) is 16.4 Å². The van der Waals surface area contributed by atoms with Gasteiger partial charge in [-0.25, -0.2) is 13.4 Å². The largest absolute Gasteiger partial charge is 0.384 e. The molecule has 1 aliphatic heterocycles. The Hall–Kier alpha value is -2.17. The standard InChI is InChI=1S/C16H21N5O4S.ClH/c1-10-15(11(2)25-20-10)26(23,24)21-7-5-12(6-8-21)16(22)19-13-3-4-14(17)18-9-13;/h3-4,9,12H,5-8H2,1-2H3,(H2,17,18)(H,19,22);1H. The number of hydrogen-bond donors (Lipinski definition) is 2. The molecule has 0 bridgehead atoms. The van der Waals surface area contributed by atoms with Crippen molar-refractivity contribution in [3.63, 3.8) is 0 Å². The summed E-state index contributed by atoms with van der Waals surface area (Å²) >= 11 is 0. The number of nitrogen functional groups attached to an aromatic ring is 1. The van der Waals surface area contributed by atoms with Gasteiger partial charge in [0.15, 0.2) is 5.76 Å². The van der Waals surface area contributed by atoms with Crippen molar-refractivity contribution in [1.29, 1.82) is 0 Å². The Kier molecular flexibility index (Phi) is 6.45. The minimum atomic E-state index is -3.67. The molecule has 0 aliphatic carbocycles. The highest BCUT2D eigenvalue weighted by Crippen LogP contribution is 2.28. The van der Waals surface area contributed by atoms with Crippen molar-refractivity contribution in [1.82, 2.24) is 14.4 Å². The molecule has 0 saturated carbocycles. The SMILES string of the molecule is Cc1noc(C)c1S(=O)(=O)N1CCC(C(=O)Nc2ccc(N)nc2)CC1.Cl. The zero-order chi connectivity index (χ0) is 18.9. The molecule has 1 saturated heterocycles. The Labute approximate surface area is 163 Å². The van der Waals surface area contributed by atoms with Crippen LogP contribution >= 0.6 is 12.4 Å². The van der Waals surface area contributed by atoms with Gasteiger partial charge in [-0.15, -0.1) is 12.4 Å². The normalized spacial score (nSPS) is 15.9. The van der Waals surface area contributed by atoms with Crippen LogP contribution in [0.3, 0.4) is 0 Å². The molecule has 0 unspecified atom stereocenters. The van der Waals surface area contributed by atoms with E-state index in [0.29, 0.717) is 30.0 Å². The summed E-state index contributed by atoms with van der Waals surface area (Å²) in [6, 6.07) is 3.28. The van der Waals surface area contributed by atoms with Crippen LogP contribution in [0.1, 0.15) is 24.3 Å². The quantitative estimate of drug-likeness (QED) is 0.776. The van der Waals surface area contributed by atoms with Crippen LogP contribution in [0.15, 0.2) is 27.7 Å². The van der Waals surface area contributed by atoms with Crippen molar-refractivity contribution in [2.24, 2.45) is 5.92 Å². The Bertz CT molecular complexity index is 886. The van der Waals surface area contributed by atoms with Crippen LogP contribution in [0.4, 0.5) is 11.5 Å². The molecule has 9 nitrogen and oxygen atoms in total. The summed E-state index contributed by atoms with van der Waals surface area (Å²) in [6.07, 6.45) is 2.37. The average Bonchev–Trinajstić information content (AvgIpc) is 2.96. The average molecular weight is 416 g/mol. The summed E-state index contributed by atoms with van der Waals surface area (Å²) in [4.78, 5) is 16.4. The number of nitrogens with two attached hydrogens (primary N) is 1. The summed E-state index contributed by atoms with van der Waals surface area (Å²) in [6.45, 7) is 3.72. The molecule has 0 radical (unpaired) electrons. The lowest BCUT2D eigenvalue weighted by atomic mass is 9.97. The first-order chi connectivity index (χ1) is 12.3. The first-order valence-corrected chi connectivity index (χ1v) is 9.68. The number of nitrogens with zero attached hydrogens (tertiary/aromatic N) is 3. The number of carbonyl (C=O) groups excluding carboxylic acids is 1. The van der Waals surface area contributed by atoms with E-state index in [-0.39, 0.29) is 48.0 Å². The third-order valence-electron chi connectivity index (χ3n) is 4.44. The number of pyridine rings is 1. The van der Waals surface area contributed by atoms with Crippen molar-refractivity contribution >= 4 is 39.8 Å². The highest BCUT2D eigenvalue weighted by molar-refractivity contribution is 7.89. The maximum absolute atomic E-state index is 12.8. The molecular weight excluding hydrogens is 394 g/mol.